The quantitative estimate of drug-likeness (QED) is 0.296. The van der Waals surface area contributed by atoms with Crippen LogP contribution in [-0.4, -0.2) is 35.6 Å². The Morgan fingerprint density at radius 1 is 0.865 bits per heavy atom. The first kappa shape index (κ1) is 25.8. The van der Waals surface area contributed by atoms with Gasteiger partial charge >= 0.3 is 12.1 Å². The number of nitrogens with one attached hydrogen (secondary N) is 2. The average molecular weight is 549 g/mol. The van der Waals surface area contributed by atoms with Crippen LogP contribution >= 0.6 is 11.3 Å². The molecule has 1 heterocycles. The number of hydrogen-bond donors (Lipinski definition) is 3. The molecule has 190 valence electrons. The molecular formula is C23H15F3N4O5S2. The van der Waals surface area contributed by atoms with E-state index in [0.717, 1.165) is 6.07 Å². The van der Waals surface area contributed by atoms with Crippen molar-refractivity contribution in [3.63, 3.8) is 0 Å². The monoisotopic (exact) mass is 548 g/mol. The van der Waals surface area contributed by atoms with Crippen LogP contribution in [0.1, 0.15) is 26.3 Å². The molecule has 3 N–H and O–H groups in total. The molecule has 0 radical (unpaired) electrons. The molecule has 4 rings (SSSR count). The SMILES string of the molecule is O=C(O)c1ccccc1C(=O)Nc1ccc(S(=O)(=O)Nc2nnc(-c3ccccc3C(F)(F)F)s2)cc1. The average Bonchev–Trinajstić information content (AvgIpc) is 3.31. The molecule has 0 bridgehead atoms. The first-order chi connectivity index (χ1) is 17.5. The predicted octanol–water partition coefficient (Wildman–Crippen LogP) is 4.98. The van der Waals surface area contributed by atoms with E-state index < -0.39 is 33.6 Å². The largest absolute Gasteiger partial charge is 0.478 e. The van der Waals surface area contributed by atoms with Crippen LogP contribution in [0.3, 0.4) is 0 Å². The Hall–Kier alpha value is -4.30. The topological polar surface area (TPSA) is 138 Å². The number of amides is 1. The first-order valence-electron chi connectivity index (χ1n) is 10.2. The highest BCUT2D eigenvalue weighted by Gasteiger charge is 2.34. The van der Waals surface area contributed by atoms with Gasteiger partial charge in [0.05, 0.1) is 21.6 Å². The lowest BCUT2D eigenvalue weighted by molar-refractivity contribution is -0.137. The van der Waals surface area contributed by atoms with Gasteiger partial charge < -0.3 is 10.4 Å². The molecular weight excluding hydrogens is 533 g/mol. The van der Waals surface area contributed by atoms with Crippen LogP contribution in [0.15, 0.2) is 77.7 Å². The van der Waals surface area contributed by atoms with Crippen molar-refractivity contribution in [1.29, 1.82) is 0 Å². The summed E-state index contributed by atoms with van der Waals surface area (Å²) in [6, 6.07) is 15.3. The van der Waals surface area contributed by atoms with Crippen molar-refractivity contribution in [3.05, 3.63) is 89.5 Å². The number of alkyl halides is 3. The van der Waals surface area contributed by atoms with E-state index in [4.69, 9.17) is 0 Å². The van der Waals surface area contributed by atoms with Crippen LogP contribution in [0.4, 0.5) is 24.0 Å². The van der Waals surface area contributed by atoms with Crippen molar-refractivity contribution in [3.8, 4) is 10.6 Å². The van der Waals surface area contributed by atoms with Crippen molar-refractivity contribution >= 4 is 44.1 Å². The second-order valence-electron chi connectivity index (χ2n) is 7.39. The molecule has 3 aromatic carbocycles. The van der Waals surface area contributed by atoms with Gasteiger partial charge in [-0.1, -0.05) is 41.7 Å². The molecule has 1 amide bonds. The Balaban J connectivity index is 1.50. The van der Waals surface area contributed by atoms with Crippen LogP contribution in [0.2, 0.25) is 0 Å². The fourth-order valence-corrected chi connectivity index (χ4v) is 5.26. The number of carboxylic acid groups (broad SMARTS) is 1. The van der Waals surface area contributed by atoms with Gasteiger partial charge in [0.25, 0.3) is 15.9 Å². The highest BCUT2D eigenvalue weighted by molar-refractivity contribution is 7.93. The van der Waals surface area contributed by atoms with Gasteiger partial charge in [-0.3, -0.25) is 9.52 Å². The third-order valence-corrected chi connectivity index (χ3v) is 7.29. The molecule has 0 aliphatic carbocycles. The zero-order chi connectivity index (χ0) is 26.8. The second-order valence-corrected chi connectivity index (χ2v) is 10.1. The Bertz CT molecular complexity index is 1590. The van der Waals surface area contributed by atoms with Crippen LogP contribution in [0.25, 0.3) is 10.6 Å². The van der Waals surface area contributed by atoms with Gasteiger partial charge in [-0.05, 0) is 42.5 Å². The second kappa shape index (κ2) is 9.99. The van der Waals surface area contributed by atoms with Gasteiger partial charge in [-0.25, -0.2) is 13.2 Å². The van der Waals surface area contributed by atoms with Gasteiger partial charge in [0, 0.05) is 11.3 Å². The minimum absolute atomic E-state index is 0.0764. The van der Waals surface area contributed by atoms with Gasteiger partial charge in [-0.15, -0.1) is 10.2 Å². The third-order valence-electron chi connectivity index (χ3n) is 4.93. The number of carbonyl (C=O) groups excluding carboxylic acids is 1. The molecule has 0 unspecified atom stereocenters. The zero-order valence-corrected chi connectivity index (χ0v) is 20.0. The normalized spacial score (nSPS) is 11.6. The van der Waals surface area contributed by atoms with Crippen LogP contribution in [0.5, 0.6) is 0 Å². The number of hydrogen-bond acceptors (Lipinski definition) is 7. The Kier molecular flexibility index (Phi) is 6.96. The number of carbonyl (C=O) groups is 2. The van der Waals surface area contributed by atoms with E-state index in [1.54, 1.807) is 0 Å². The van der Waals surface area contributed by atoms with E-state index in [2.05, 4.69) is 20.2 Å². The summed E-state index contributed by atoms with van der Waals surface area (Å²) in [7, 11) is -4.19. The lowest BCUT2D eigenvalue weighted by atomic mass is 10.1. The van der Waals surface area contributed by atoms with Crippen molar-refractivity contribution in [2.45, 2.75) is 11.1 Å². The fraction of sp³-hybridized carbons (Fsp3) is 0.0435. The summed E-state index contributed by atoms with van der Waals surface area (Å²) in [5.41, 5.74) is -1.23. The molecule has 0 spiro atoms. The number of aromatic nitrogens is 2. The van der Waals surface area contributed by atoms with Crippen LogP contribution in [0, 0.1) is 0 Å². The zero-order valence-electron chi connectivity index (χ0n) is 18.4. The molecule has 0 aliphatic rings. The summed E-state index contributed by atoms with van der Waals surface area (Å²) in [5.74, 6) is -1.98. The van der Waals surface area contributed by atoms with Crippen molar-refractivity contribution < 1.29 is 36.3 Å². The number of nitrogens with zero attached hydrogens (tertiary/aromatic N) is 2. The Morgan fingerprint density at radius 3 is 2.14 bits per heavy atom. The molecule has 1 aromatic heterocycles. The summed E-state index contributed by atoms with van der Waals surface area (Å²) in [5, 5.41) is 18.7. The number of anilines is 2. The van der Waals surface area contributed by atoms with Crippen molar-refractivity contribution in [2.75, 3.05) is 10.0 Å². The van der Waals surface area contributed by atoms with E-state index in [9.17, 15) is 36.3 Å². The number of sulfonamides is 1. The molecule has 37 heavy (non-hydrogen) atoms. The van der Waals surface area contributed by atoms with Gasteiger partial charge in [0.1, 0.15) is 5.01 Å². The molecule has 0 saturated carbocycles. The number of benzene rings is 3. The highest BCUT2D eigenvalue weighted by Crippen LogP contribution is 2.38. The predicted molar refractivity (Wildman–Crippen MR) is 129 cm³/mol. The van der Waals surface area contributed by atoms with Crippen LogP contribution in [-0.2, 0) is 16.2 Å². The minimum Gasteiger partial charge on any atom is -0.478 e. The summed E-state index contributed by atoms with van der Waals surface area (Å²) in [6.45, 7) is 0. The summed E-state index contributed by atoms with van der Waals surface area (Å²) < 4.78 is 67.5. The Morgan fingerprint density at radius 2 is 1.49 bits per heavy atom. The lowest BCUT2D eigenvalue weighted by Gasteiger charge is -2.10. The minimum atomic E-state index is -4.63. The van der Waals surface area contributed by atoms with Crippen LogP contribution < -0.4 is 10.0 Å². The molecule has 0 saturated heterocycles. The van der Waals surface area contributed by atoms with Gasteiger partial charge in [0.15, 0.2) is 0 Å². The summed E-state index contributed by atoms with van der Waals surface area (Å²) in [4.78, 5) is 23.6. The van der Waals surface area contributed by atoms with Gasteiger partial charge in [-0.2, -0.15) is 13.2 Å². The fourth-order valence-electron chi connectivity index (χ4n) is 3.25. The highest BCUT2D eigenvalue weighted by atomic mass is 32.2. The maximum Gasteiger partial charge on any atom is 0.417 e. The number of rotatable bonds is 7. The Labute approximate surface area is 211 Å². The molecule has 0 aliphatic heterocycles. The standard InChI is InChI=1S/C23H15F3N4O5S2/c24-23(25,26)18-8-4-3-7-17(18)20-28-29-22(36-20)30-37(34,35)14-11-9-13(10-12-14)27-19(31)15-5-1-2-6-16(15)21(32)33/h1-12H,(H,27,31)(H,29,30)(H,32,33). The number of aromatic carboxylic acids is 1. The smallest absolute Gasteiger partial charge is 0.417 e. The molecule has 9 nitrogen and oxygen atoms in total. The maximum atomic E-state index is 13.3. The molecule has 14 heteroatoms. The summed E-state index contributed by atoms with van der Waals surface area (Å²) in [6.07, 6.45) is -4.63. The van der Waals surface area contributed by atoms with E-state index in [1.807, 2.05) is 0 Å². The van der Waals surface area contributed by atoms with E-state index in [0.29, 0.717) is 11.3 Å². The first-order valence-corrected chi connectivity index (χ1v) is 12.5. The van der Waals surface area contributed by atoms with E-state index in [-0.39, 0.29) is 37.4 Å². The molecule has 4 aromatic rings. The van der Waals surface area contributed by atoms with Crippen molar-refractivity contribution in [2.24, 2.45) is 0 Å². The summed E-state index contributed by atoms with van der Waals surface area (Å²) >= 11 is 0.633. The van der Waals surface area contributed by atoms with E-state index >= 15 is 0 Å². The third kappa shape index (κ3) is 5.76. The molecule has 0 atom stereocenters. The molecule has 0 fully saturated rings. The number of carboxylic acids is 1. The number of halogens is 3. The van der Waals surface area contributed by atoms with E-state index in [1.165, 1.54) is 66.7 Å². The van der Waals surface area contributed by atoms with Gasteiger partial charge in [0.2, 0.25) is 5.13 Å². The maximum absolute atomic E-state index is 13.3. The van der Waals surface area contributed by atoms with Crippen molar-refractivity contribution in [1.82, 2.24) is 10.2 Å². The lowest BCUT2D eigenvalue weighted by Crippen LogP contribution is -2.16.